The Morgan fingerprint density at radius 1 is 1.35 bits per heavy atom. The van der Waals surface area contributed by atoms with E-state index in [0.717, 1.165) is 21.6 Å². The van der Waals surface area contributed by atoms with Gasteiger partial charge in [0.1, 0.15) is 0 Å². The maximum Gasteiger partial charge on any atom is 0.247 e. The number of H-pyrrole nitrogens is 1. The van der Waals surface area contributed by atoms with Gasteiger partial charge in [0.2, 0.25) is 5.56 Å². The molecule has 0 radical (unpaired) electrons. The van der Waals surface area contributed by atoms with E-state index in [1.54, 1.807) is 18.5 Å². The molecule has 0 unspecified atom stereocenters. The third-order valence-corrected chi connectivity index (χ3v) is 4.94. The molecule has 5 nitrogen and oxygen atoms in total. The van der Waals surface area contributed by atoms with Gasteiger partial charge in [0.25, 0.3) is 0 Å². The van der Waals surface area contributed by atoms with Gasteiger partial charge < -0.3 is 10.3 Å². The van der Waals surface area contributed by atoms with Gasteiger partial charge in [-0.1, -0.05) is 37.8 Å². The summed E-state index contributed by atoms with van der Waals surface area (Å²) in [6, 6.07) is 11.3. The molecule has 26 heavy (non-hydrogen) atoms. The van der Waals surface area contributed by atoms with E-state index in [1.807, 2.05) is 12.1 Å². The Labute approximate surface area is 155 Å². The second-order valence-electron chi connectivity index (χ2n) is 6.14. The lowest BCUT2D eigenvalue weighted by Crippen LogP contribution is -2.04. The monoisotopic (exact) mass is 362 g/mol. The molecule has 0 amide bonds. The molecule has 0 bridgehead atoms. The molecular formula is C20H18N4OS. The molecule has 0 aliphatic rings. The third kappa shape index (κ3) is 3.73. The smallest absolute Gasteiger partial charge is 0.247 e. The first kappa shape index (κ1) is 17.6. The van der Waals surface area contributed by atoms with Gasteiger partial charge in [0, 0.05) is 29.7 Å². The molecule has 2 aromatic heterocycles. The van der Waals surface area contributed by atoms with Gasteiger partial charge in [0.05, 0.1) is 16.5 Å². The fraction of sp³-hybridized carbons (Fsp3) is 0.150. The largest absolute Gasteiger partial charge is 0.331 e. The normalized spacial score (nSPS) is 10.5. The summed E-state index contributed by atoms with van der Waals surface area (Å²) in [5, 5.41) is 13.1. The number of anilines is 1. The first-order chi connectivity index (χ1) is 12.5. The molecule has 0 aliphatic carbocycles. The van der Waals surface area contributed by atoms with Crippen molar-refractivity contribution in [3.05, 3.63) is 76.3 Å². The van der Waals surface area contributed by atoms with Gasteiger partial charge in [-0.25, -0.2) is 4.98 Å². The van der Waals surface area contributed by atoms with Crippen molar-refractivity contribution in [2.45, 2.75) is 19.8 Å². The summed E-state index contributed by atoms with van der Waals surface area (Å²) in [5.41, 5.74) is 4.07. The SMILES string of the molecule is C=C(Nc1ncc(-c2ccc(C#N)c(C(C)C)c2)s1)c1ccc(=O)[nH]c1. The number of aromatic nitrogens is 2. The van der Waals surface area contributed by atoms with Gasteiger partial charge in [-0.15, -0.1) is 0 Å². The fourth-order valence-electron chi connectivity index (χ4n) is 2.56. The van der Waals surface area contributed by atoms with E-state index in [2.05, 4.69) is 47.8 Å². The quantitative estimate of drug-likeness (QED) is 0.696. The molecule has 0 aliphatic heterocycles. The highest BCUT2D eigenvalue weighted by molar-refractivity contribution is 7.19. The number of nitriles is 1. The van der Waals surface area contributed by atoms with Crippen molar-refractivity contribution in [1.82, 2.24) is 9.97 Å². The van der Waals surface area contributed by atoms with Crippen LogP contribution < -0.4 is 10.9 Å². The van der Waals surface area contributed by atoms with Gasteiger partial charge >= 0.3 is 0 Å². The Bertz CT molecular complexity index is 1040. The van der Waals surface area contributed by atoms with E-state index in [9.17, 15) is 10.1 Å². The summed E-state index contributed by atoms with van der Waals surface area (Å²) in [7, 11) is 0. The lowest BCUT2D eigenvalue weighted by molar-refractivity contribution is 0.863. The minimum atomic E-state index is -0.153. The van der Waals surface area contributed by atoms with Crippen LogP contribution in [0.15, 0.2) is 54.1 Å². The maximum absolute atomic E-state index is 11.1. The molecule has 3 rings (SSSR count). The van der Waals surface area contributed by atoms with Crippen LogP contribution in [0, 0.1) is 11.3 Å². The van der Waals surface area contributed by atoms with E-state index < -0.39 is 0 Å². The van der Waals surface area contributed by atoms with Crippen molar-refractivity contribution in [2.24, 2.45) is 0 Å². The first-order valence-electron chi connectivity index (χ1n) is 8.13. The van der Waals surface area contributed by atoms with Crippen LogP contribution >= 0.6 is 11.3 Å². The first-order valence-corrected chi connectivity index (χ1v) is 8.95. The number of pyridine rings is 1. The van der Waals surface area contributed by atoms with Gasteiger partial charge in [-0.05, 0) is 35.2 Å². The lowest BCUT2D eigenvalue weighted by Gasteiger charge is -2.09. The van der Waals surface area contributed by atoms with Gasteiger partial charge in [-0.3, -0.25) is 4.79 Å². The Balaban J connectivity index is 1.83. The molecule has 0 saturated carbocycles. The van der Waals surface area contributed by atoms with Crippen LogP contribution in [-0.4, -0.2) is 9.97 Å². The number of nitrogens with one attached hydrogen (secondary N) is 2. The predicted molar refractivity (Wildman–Crippen MR) is 106 cm³/mol. The number of rotatable bonds is 5. The Morgan fingerprint density at radius 2 is 2.15 bits per heavy atom. The van der Waals surface area contributed by atoms with Crippen molar-refractivity contribution in [3.63, 3.8) is 0 Å². The van der Waals surface area contributed by atoms with Crippen LogP contribution in [0.3, 0.4) is 0 Å². The van der Waals surface area contributed by atoms with E-state index >= 15 is 0 Å². The van der Waals surface area contributed by atoms with Gasteiger partial charge in [0.15, 0.2) is 5.13 Å². The zero-order chi connectivity index (χ0) is 18.7. The van der Waals surface area contributed by atoms with E-state index in [1.165, 1.54) is 17.4 Å². The van der Waals surface area contributed by atoms with E-state index in [0.29, 0.717) is 16.4 Å². The Morgan fingerprint density at radius 3 is 2.81 bits per heavy atom. The molecule has 0 saturated heterocycles. The zero-order valence-corrected chi connectivity index (χ0v) is 15.4. The molecule has 2 heterocycles. The van der Waals surface area contributed by atoms with Crippen molar-refractivity contribution in [1.29, 1.82) is 5.26 Å². The summed E-state index contributed by atoms with van der Waals surface area (Å²) < 4.78 is 0. The van der Waals surface area contributed by atoms with Crippen LogP contribution in [-0.2, 0) is 0 Å². The van der Waals surface area contributed by atoms with Crippen LogP contribution in [0.1, 0.15) is 36.5 Å². The van der Waals surface area contributed by atoms with E-state index in [-0.39, 0.29) is 11.5 Å². The third-order valence-electron chi connectivity index (χ3n) is 3.97. The van der Waals surface area contributed by atoms with Crippen LogP contribution in [0.5, 0.6) is 0 Å². The zero-order valence-electron chi connectivity index (χ0n) is 14.5. The van der Waals surface area contributed by atoms with Crippen molar-refractivity contribution in [2.75, 3.05) is 5.32 Å². The molecule has 6 heteroatoms. The molecule has 0 spiro atoms. The highest BCUT2D eigenvalue weighted by Crippen LogP contribution is 2.33. The topological polar surface area (TPSA) is 81.6 Å². The number of thiazole rings is 1. The van der Waals surface area contributed by atoms with Crippen LogP contribution in [0.4, 0.5) is 5.13 Å². The number of hydrogen-bond acceptors (Lipinski definition) is 5. The average molecular weight is 362 g/mol. The second kappa shape index (κ2) is 7.38. The molecular weight excluding hydrogens is 344 g/mol. The standard InChI is InChI=1S/C20H18N4OS/c1-12(2)17-8-14(4-5-15(17)9-21)18-11-23-20(26-18)24-13(3)16-6-7-19(25)22-10-16/h4-8,10-12H,3H2,1-2H3,(H,22,25)(H,23,24). The number of nitrogens with zero attached hydrogens (tertiary/aromatic N) is 2. The summed E-state index contributed by atoms with van der Waals surface area (Å²) in [4.78, 5) is 19.2. The molecule has 0 atom stereocenters. The summed E-state index contributed by atoms with van der Waals surface area (Å²) in [6.07, 6.45) is 3.42. The summed E-state index contributed by atoms with van der Waals surface area (Å²) in [5.74, 6) is 0.273. The molecule has 2 N–H and O–H groups in total. The number of benzene rings is 1. The highest BCUT2D eigenvalue weighted by Gasteiger charge is 2.11. The number of hydrogen-bond donors (Lipinski definition) is 2. The highest BCUT2D eigenvalue weighted by atomic mass is 32.1. The Kier molecular flexibility index (Phi) is 5.01. The van der Waals surface area contributed by atoms with Gasteiger partial charge in [-0.2, -0.15) is 5.26 Å². The number of aromatic amines is 1. The van der Waals surface area contributed by atoms with E-state index in [4.69, 9.17) is 0 Å². The molecule has 130 valence electrons. The minimum Gasteiger partial charge on any atom is -0.331 e. The molecule has 1 aromatic carbocycles. The summed E-state index contributed by atoms with van der Waals surface area (Å²) in [6.45, 7) is 8.14. The van der Waals surface area contributed by atoms with Crippen molar-refractivity contribution in [3.8, 4) is 16.5 Å². The average Bonchev–Trinajstić information content (AvgIpc) is 3.10. The fourth-order valence-corrected chi connectivity index (χ4v) is 3.40. The maximum atomic E-state index is 11.1. The Hall–Kier alpha value is -3.17. The lowest BCUT2D eigenvalue weighted by atomic mass is 9.95. The second-order valence-corrected chi connectivity index (χ2v) is 7.17. The molecule has 0 fully saturated rings. The summed E-state index contributed by atoms with van der Waals surface area (Å²) >= 11 is 1.51. The van der Waals surface area contributed by atoms with Crippen LogP contribution in [0.2, 0.25) is 0 Å². The minimum absolute atomic E-state index is 0.153. The van der Waals surface area contributed by atoms with Crippen molar-refractivity contribution < 1.29 is 0 Å². The van der Waals surface area contributed by atoms with Crippen LogP contribution in [0.25, 0.3) is 16.1 Å². The molecule has 3 aromatic rings. The predicted octanol–water partition coefficient (Wildman–Crippen LogP) is 4.58. The van der Waals surface area contributed by atoms with Crippen molar-refractivity contribution >= 4 is 22.2 Å².